The highest BCUT2D eigenvalue weighted by molar-refractivity contribution is 6.03. The third-order valence-electron chi connectivity index (χ3n) is 2.78. The Morgan fingerprint density at radius 2 is 1.87 bits per heavy atom. The summed E-state index contributed by atoms with van der Waals surface area (Å²) in [5.74, 6) is 0. The molecule has 0 saturated heterocycles. The first kappa shape index (κ1) is 8.48. The van der Waals surface area contributed by atoms with Gasteiger partial charge in [0.1, 0.15) is 6.61 Å². The average Bonchev–Trinajstić information content (AvgIpc) is 2.27. The molecule has 1 aliphatic heterocycles. The standard InChI is InChI=1S/C13H11NO/c1-9-13-7-11-5-3-2-4-10(11)6-12(13)8-15-14-9/h2-7H,8H2,1H3. The fourth-order valence-corrected chi connectivity index (χ4v) is 1.99. The Morgan fingerprint density at radius 1 is 1.13 bits per heavy atom. The van der Waals surface area contributed by atoms with Crippen LogP contribution in [0.15, 0.2) is 41.6 Å². The molecular weight excluding hydrogens is 186 g/mol. The fourth-order valence-electron chi connectivity index (χ4n) is 1.99. The van der Waals surface area contributed by atoms with Gasteiger partial charge in [0.05, 0.1) is 5.71 Å². The minimum atomic E-state index is 0.581. The number of hydrogen-bond acceptors (Lipinski definition) is 2. The maximum Gasteiger partial charge on any atom is 0.143 e. The molecule has 0 fully saturated rings. The summed E-state index contributed by atoms with van der Waals surface area (Å²) in [5.41, 5.74) is 3.39. The lowest BCUT2D eigenvalue weighted by Crippen LogP contribution is -2.08. The molecule has 0 spiro atoms. The van der Waals surface area contributed by atoms with Gasteiger partial charge in [0, 0.05) is 11.1 Å². The highest BCUT2D eigenvalue weighted by Gasteiger charge is 2.12. The van der Waals surface area contributed by atoms with Gasteiger partial charge in [-0.2, -0.15) is 0 Å². The maximum atomic E-state index is 5.15. The summed E-state index contributed by atoms with van der Waals surface area (Å²) < 4.78 is 0. The molecule has 0 saturated carbocycles. The van der Waals surface area contributed by atoms with E-state index in [0.29, 0.717) is 6.61 Å². The third kappa shape index (κ3) is 1.30. The van der Waals surface area contributed by atoms with Crippen LogP contribution in [0.3, 0.4) is 0 Å². The normalized spacial score (nSPS) is 14.3. The molecule has 2 nitrogen and oxygen atoms in total. The average molecular weight is 197 g/mol. The van der Waals surface area contributed by atoms with Crippen molar-refractivity contribution >= 4 is 16.5 Å². The first-order chi connectivity index (χ1) is 7.34. The molecule has 2 aromatic carbocycles. The van der Waals surface area contributed by atoms with Gasteiger partial charge in [0.25, 0.3) is 0 Å². The van der Waals surface area contributed by atoms with Crippen molar-refractivity contribution in [2.24, 2.45) is 5.16 Å². The first-order valence-electron chi connectivity index (χ1n) is 5.03. The van der Waals surface area contributed by atoms with E-state index in [-0.39, 0.29) is 0 Å². The van der Waals surface area contributed by atoms with Gasteiger partial charge in [-0.1, -0.05) is 29.4 Å². The Hall–Kier alpha value is -1.83. The van der Waals surface area contributed by atoms with Gasteiger partial charge < -0.3 is 4.84 Å². The quantitative estimate of drug-likeness (QED) is 0.636. The van der Waals surface area contributed by atoms with Crippen LogP contribution in [0.25, 0.3) is 10.8 Å². The summed E-state index contributed by atoms with van der Waals surface area (Å²) in [6, 6.07) is 12.7. The van der Waals surface area contributed by atoms with E-state index in [2.05, 4.69) is 41.6 Å². The predicted molar refractivity (Wildman–Crippen MR) is 60.9 cm³/mol. The predicted octanol–water partition coefficient (Wildman–Crippen LogP) is 3.09. The monoisotopic (exact) mass is 197 g/mol. The lowest BCUT2D eigenvalue weighted by Gasteiger charge is -2.15. The van der Waals surface area contributed by atoms with Crippen molar-refractivity contribution in [1.82, 2.24) is 0 Å². The van der Waals surface area contributed by atoms with Crippen LogP contribution in [0.1, 0.15) is 18.1 Å². The second-order valence-electron chi connectivity index (χ2n) is 3.81. The van der Waals surface area contributed by atoms with E-state index in [1.807, 2.05) is 6.92 Å². The van der Waals surface area contributed by atoms with Gasteiger partial charge in [-0.05, 0) is 29.8 Å². The van der Waals surface area contributed by atoms with Crippen LogP contribution in [0.4, 0.5) is 0 Å². The van der Waals surface area contributed by atoms with Crippen molar-refractivity contribution in [2.75, 3.05) is 0 Å². The molecule has 0 amide bonds. The first-order valence-corrected chi connectivity index (χ1v) is 5.03. The Balaban J connectivity index is 2.34. The van der Waals surface area contributed by atoms with Crippen LogP contribution in [-0.2, 0) is 11.4 Å². The number of oxime groups is 1. The van der Waals surface area contributed by atoms with Crippen LogP contribution >= 0.6 is 0 Å². The lowest BCUT2D eigenvalue weighted by molar-refractivity contribution is 0.126. The Kier molecular flexibility index (Phi) is 1.75. The summed E-state index contributed by atoms with van der Waals surface area (Å²) in [6.45, 7) is 2.56. The number of nitrogens with zero attached hydrogens (tertiary/aromatic N) is 1. The van der Waals surface area contributed by atoms with Crippen molar-refractivity contribution in [3.63, 3.8) is 0 Å². The summed E-state index contributed by atoms with van der Waals surface area (Å²) in [5, 5.41) is 6.51. The second kappa shape index (κ2) is 3.09. The van der Waals surface area contributed by atoms with Gasteiger partial charge >= 0.3 is 0 Å². The van der Waals surface area contributed by atoms with Gasteiger partial charge in [-0.25, -0.2) is 0 Å². The van der Waals surface area contributed by atoms with Crippen molar-refractivity contribution in [3.8, 4) is 0 Å². The Labute approximate surface area is 88.2 Å². The molecule has 0 N–H and O–H groups in total. The zero-order chi connectivity index (χ0) is 10.3. The van der Waals surface area contributed by atoms with Gasteiger partial charge in [-0.15, -0.1) is 0 Å². The molecule has 0 aromatic heterocycles. The zero-order valence-corrected chi connectivity index (χ0v) is 8.53. The largest absolute Gasteiger partial charge is 0.391 e. The summed E-state index contributed by atoms with van der Waals surface area (Å²) in [6.07, 6.45) is 0. The molecule has 0 atom stereocenters. The topological polar surface area (TPSA) is 21.6 Å². The van der Waals surface area contributed by atoms with E-state index in [1.165, 1.54) is 21.9 Å². The van der Waals surface area contributed by atoms with E-state index >= 15 is 0 Å². The van der Waals surface area contributed by atoms with E-state index in [1.54, 1.807) is 0 Å². The number of rotatable bonds is 0. The van der Waals surface area contributed by atoms with Gasteiger partial charge in [0.15, 0.2) is 0 Å². The summed E-state index contributed by atoms with van der Waals surface area (Å²) >= 11 is 0. The van der Waals surface area contributed by atoms with Crippen LogP contribution in [-0.4, -0.2) is 5.71 Å². The Morgan fingerprint density at radius 3 is 2.67 bits per heavy atom. The lowest BCUT2D eigenvalue weighted by atomic mass is 9.98. The van der Waals surface area contributed by atoms with E-state index in [4.69, 9.17) is 4.84 Å². The molecule has 74 valence electrons. The number of benzene rings is 2. The number of fused-ring (bicyclic) bond motifs is 2. The molecule has 1 aliphatic rings. The van der Waals surface area contributed by atoms with Crippen molar-refractivity contribution in [1.29, 1.82) is 0 Å². The number of hydrogen-bond donors (Lipinski definition) is 0. The highest BCUT2D eigenvalue weighted by Crippen LogP contribution is 2.23. The molecule has 0 aliphatic carbocycles. The molecule has 0 bridgehead atoms. The van der Waals surface area contributed by atoms with Crippen LogP contribution in [0.5, 0.6) is 0 Å². The summed E-state index contributed by atoms with van der Waals surface area (Å²) in [4.78, 5) is 5.15. The van der Waals surface area contributed by atoms with Crippen molar-refractivity contribution in [3.05, 3.63) is 47.5 Å². The zero-order valence-electron chi connectivity index (χ0n) is 8.53. The minimum Gasteiger partial charge on any atom is -0.391 e. The molecule has 2 heteroatoms. The molecular formula is C13H11NO. The van der Waals surface area contributed by atoms with Crippen LogP contribution in [0, 0.1) is 0 Å². The molecule has 2 aromatic rings. The molecule has 1 heterocycles. The summed E-state index contributed by atoms with van der Waals surface area (Å²) in [7, 11) is 0. The Bertz CT molecular complexity index is 557. The molecule has 15 heavy (non-hydrogen) atoms. The minimum absolute atomic E-state index is 0.581. The SMILES string of the molecule is CC1=NOCc2cc3ccccc3cc21. The van der Waals surface area contributed by atoms with Crippen LogP contribution < -0.4 is 0 Å². The smallest absolute Gasteiger partial charge is 0.143 e. The van der Waals surface area contributed by atoms with E-state index in [0.717, 1.165) is 5.71 Å². The molecule has 0 radical (unpaired) electrons. The van der Waals surface area contributed by atoms with Crippen molar-refractivity contribution < 1.29 is 4.84 Å². The molecule has 3 rings (SSSR count). The maximum absolute atomic E-state index is 5.15. The second-order valence-corrected chi connectivity index (χ2v) is 3.81. The van der Waals surface area contributed by atoms with E-state index in [9.17, 15) is 0 Å². The van der Waals surface area contributed by atoms with Crippen LogP contribution in [0.2, 0.25) is 0 Å². The molecule has 0 unspecified atom stereocenters. The third-order valence-corrected chi connectivity index (χ3v) is 2.78. The highest BCUT2D eigenvalue weighted by atomic mass is 16.6. The van der Waals surface area contributed by atoms with Crippen molar-refractivity contribution in [2.45, 2.75) is 13.5 Å². The van der Waals surface area contributed by atoms with E-state index < -0.39 is 0 Å². The van der Waals surface area contributed by atoms with Gasteiger partial charge in [0.2, 0.25) is 0 Å². The fraction of sp³-hybridized carbons (Fsp3) is 0.154. The van der Waals surface area contributed by atoms with Gasteiger partial charge in [-0.3, -0.25) is 0 Å².